The molecular formula is C25H35N3O4S. The molecule has 2 unspecified atom stereocenters. The van der Waals surface area contributed by atoms with Crippen LogP contribution in [0.25, 0.3) is 0 Å². The van der Waals surface area contributed by atoms with E-state index in [0.29, 0.717) is 12.8 Å². The summed E-state index contributed by atoms with van der Waals surface area (Å²) in [5.74, 6) is -1.07. The maximum atomic E-state index is 13.4. The fraction of sp³-hybridized carbons (Fsp3) is 0.440. The van der Waals surface area contributed by atoms with Crippen molar-refractivity contribution in [1.29, 1.82) is 0 Å². The molecule has 180 valence electrons. The summed E-state index contributed by atoms with van der Waals surface area (Å²) in [5, 5.41) is 9.79. The summed E-state index contributed by atoms with van der Waals surface area (Å²) < 4.78 is 12.3. The van der Waals surface area contributed by atoms with Gasteiger partial charge >= 0.3 is 5.91 Å². The molecule has 3 atom stereocenters. The third-order valence-electron chi connectivity index (χ3n) is 6.02. The Bertz CT molecular complexity index is 944. The molecule has 0 aliphatic heterocycles. The molecule has 0 aromatic heterocycles. The largest absolute Gasteiger partial charge is 0.615 e. The predicted octanol–water partition coefficient (Wildman–Crippen LogP) is 2.31. The molecule has 8 heteroatoms. The van der Waals surface area contributed by atoms with E-state index in [9.17, 15) is 19.2 Å². The van der Waals surface area contributed by atoms with Crippen LogP contribution in [0.1, 0.15) is 42.0 Å². The highest BCUT2D eigenvalue weighted by atomic mass is 32.2. The van der Waals surface area contributed by atoms with Gasteiger partial charge in [0, 0.05) is 13.0 Å². The summed E-state index contributed by atoms with van der Waals surface area (Å²) in [6, 6.07) is 12.0. The number of aryl methyl sites for hydroxylation is 3. The summed E-state index contributed by atoms with van der Waals surface area (Å²) in [7, 11) is 0. The van der Waals surface area contributed by atoms with Gasteiger partial charge in [-0.2, -0.15) is 0 Å². The molecule has 7 nitrogen and oxygen atoms in total. The zero-order valence-corrected chi connectivity index (χ0v) is 20.7. The Morgan fingerprint density at radius 1 is 1.18 bits per heavy atom. The first-order chi connectivity index (χ1) is 15.5. The molecule has 0 fully saturated rings. The molecule has 2 amide bonds. The number of phenolic OH excluding ortho intramolecular Hbond substituents is 1. The molecule has 0 saturated carbocycles. The SMILES string of the molecule is CCC(N)(C(=O)N(CCCc1ccccc1)C(=O)[C@@H](N)Cc1c(C)cc(O)cc1C)[S+](C)[O-]. The van der Waals surface area contributed by atoms with Crippen LogP contribution < -0.4 is 11.5 Å². The van der Waals surface area contributed by atoms with Gasteiger partial charge in [0.25, 0.3) is 4.87 Å². The van der Waals surface area contributed by atoms with Gasteiger partial charge in [0.1, 0.15) is 5.75 Å². The van der Waals surface area contributed by atoms with Gasteiger partial charge in [0.2, 0.25) is 5.91 Å². The predicted molar refractivity (Wildman–Crippen MR) is 132 cm³/mol. The van der Waals surface area contributed by atoms with Gasteiger partial charge in [0.15, 0.2) is 0 Å². The van der Waals surface area contributed by atoms with E-state index in [1.165, 1.54) is 6.26 Å². The van der Waals surface area contributed by atoms with Crippen LogP contribution in [0.3, 0.4) is 0 Å². The molecule has 0 aliphatic rings. The Hall–Kier alpha value is -2.39. The smallest absolute Gasteiger partial charge is 0.300 e. The lowest BCUT2D eigenvalue weighted by atomic mass is 9.95. The molecule has 0 aliphatic carbocycles. The Balaban J connectivity index is 2.26. The molecule has 0 radical (unpaired) electrons. The average Bonchev–Trinajstić information content (AvgIpc) is 2.78. The molecule has 5 N–H and O–H groups in total. The maximum absolute atomic E-state index is 13.4. The van der Waals surface area contributed by atoms with Crippen LogP contribution in [0.4, 0.5) is 0 Å². The highest BCUT2D eigenvalue weighted by Gasteiger charge is 2.47. The van der Waals surface area contributed by atoms with E-state index in [2.05, 4.69) is 0 Å². The molecule has 33 heavy (non-hydrogen) atoms. The molecule has 0 heterocycles. The molecule has 2 aromatic carbocycles. The van der Waals surface area contributed by atoms with Gasteiger partial charge in [-0.05, 0) is 78.7 Å². The van der Waals surface area contributed by atoms with Crippen molar-refractivity contribution >= 4 is 23.0 Å². The van der Waals surface area contributed by atoms with E-state index < -0.39 is 33.9 Å². The quantitative estimate of drug-likeness (QED) is 0.454. The highest BCUT2D eigenvalue weighted by molar-refractivity contribution is 7.92. The Kier molecular flexibility index (Phi) is 9.48. The number of imide groups is 1. The summed E-state index contributed by atoms with van der Waals surface area (Å²) in [5.41, 5.74) is 16.1. The van der Waals surface area contributed by atoms with Crippen molar-refractivity contribution in [3.8, 4) is 5.75 Å². The van der Waals surface area contributed by atoms with E-state index in [4.69, 9.17) is 11.5 Å². The zero-order valence-electron chi connectivity index (χ0n) is 19.8. The fourth-order valence-electron chi connectivity index (χ4n) is 3.90. The molecule has 0 spiro atoms. The first-order valence-corrected chi connectivity index (χ1v) is 12.6. The van der Waals surface area contributed by atoms with Crippen molar-refractivity contribution in [3.05, 3.63) is 64.7 Å². The lowest BCUT2D eigenvalue weighted by Crippen LogP contribution is -2.62. The number of carbonyl (C=O) groups is 2. The second-order valence-corrected chi connectivity index (χ2v) is 10.1. The number of hydrogen-bond acceptors (Lipinski definition) is 6. The highest BCUT2D eigenvalue weighted by Crippen LogP contribution is 2.23. The summed E-state index contributed by atoms with van der Waals surface area (Å²) in [6.45, 7) is 5.48. The first kappa shape index (κ1) is 26.9. The zero-order chi connectivity index (χ0) is 24.8. The van der Waals surface area contributed by atoms with Crippen LogP contribution in [0.2, 0.25) is 0 Å². The van der Waals surface area contributed by atoms with Gasteiger partial charge in [-0.1, -0.05) is 37.3 Å². The normalized spacial score (nSPS) is 14.9. The number of nitrogens with two attached hydrogens (primary N) is 2. The molecule has 2 rings (SSSR count). The van der Waals surface area contributed by atoms with Crippen LogP contribution in [0, 0.1) is 13.8 Å². The van der Waals surface area contributed by atoms with E-state index in [1.807, 2.05) is 44.2 Å². The Morgan fingerprint density at radius 2 is 1.76 bits per heavy atom. The van der Waals surface area contributed by atoms with Gasteiger partial charge in [-0.15, -0.1) is 0 Å². The average molecular weight is 474 g/mol. The van der Waals surface area contributed by atoms with Gasteiger partial charge < -0.3 is 15.4 Å². The topological polar surface area (TPSA) is 133 Å². The lowest BCUT2D eigenvalue weighted by Gasteiger charge is -2.33. The Labute approximate surface area is 199 Å². The van der Waals surface area contributed by atoms with E-state index in [1.54, 1.807) is 19.1 Å². The second-order valence-electron chi connectivity index (χ2n) is 8.45. The van der Waals surface area contributed by atoms with Crippen molar-refractivity contribution in [1.82, 2.24) is 4.90 Å². The third-order valence-corrected chi connectivity index (χ3v) is 7.51. The second kappa shape index (κ2) is 11.7. The molecular weight excluding hydrogens is 438 g/mol. The van der Waals surface area contributed by atoms with Crippen molar-refractivity contribution in [2.24, 2.45) is 11.5 Å². The number of amides is 2. The van der Waals surface area contributed by atoms with Crippen LogP contribution in [-0.4, -0.2) is 50.1 Å². The van der Waals surface area contributed by atoms with Crippen molar-refractivity contribution in [2.75, 3.05) is 12.8 Å². The van der Waals surface area contributed by atoms with Crippen molar-refractivity contribution in [3.63, 3.8) is 0 Å². The summed E-state index contributed by atoms with van der Waals surface area (Å²) >= 11 is -1.67. The van der Waals surface area contributed by atoms with Crippen LogP contribution in [0.15, 0.2) is 42.5 Å². The maximum Gasteiger partial charge on any atom is 0.300 e. The molecule has 0 bridgehead atoms. The molecule has 0 saturated heterocycles. The minimum absolute atomic E-state index is 0.128. The number of hydrogen-bond donors (Lipinski definition) is 3. The van der Waals surface area contributed by atoms with E-state index in [-0.39, 0.29) is 25.1 Å². The van der Waals surface area contributed by atoms with E-state index >= 15 is 0 Å². The minimum atomic E-state index is -1.67. The lowest BCUT2D eigenvalue weighted by molar-refractivity contribution is -0.147. The number of rotatable bonds is 10. The van der Waals surface area contributed by atoms with Gasteiger partial charge in [-0.3, -0.25) is 20.2 Å². The number of aromatic hydroxyl groups is 1. The third kappa shape index (κ3) is 6.57. The van der Waals surface area contributed by atoms with Gasteiger partial charge in [0.05, 0.1) is 12.3 Å². The summed E-state index contributed by atoms with van der Waals surface area (Å²) in [6.07, 6.45) is 2.90. The standard InChI is InChI=1S/C25H35N3O4S/c1-5-25(27,33(4)32)24(31)28(13-9-12-19-10-7-6-8-11-19)23(30)22(26)16-21-17(2)14-20(29)15-18(21)3/h6-8,10-11,14-15,22,29H,5,9,12-13,16,26-27H2,1-4H3/t22-,25?,33?/m0/s1. The van der Waals surface area contributed by atoms with Crippen molar-refractivity contribution in [2.45, 2.75) is 57.4 Å². The number of phenols is 1. The minimum Gasteiger partial charge on any atom is -0.615 e. The number of benzene rings is 2. The van der Waals surface area contributed by atoms with Crippen LogP contribution in [-0.2, 0) is 33.6 Å². The van der Waals surface area contributed by atoms with Gasteiger partial charge in [-0.25, -0.2) is 0 Å². The number of carbonyl (C=O) groups excluding carboxylic acids is 2. The first-order valence-electron chi connectivity index (χ1n) is 11.1. The molecule has 2 aromatic rings. The van der Waals surface area contributed by atoms with Crippen molar-refractivity contribution < 1.29 is 19.2 Å². The number of nitrogens with zero attached hydrogens (tertiary/aromatic N) is 1. The van der Waals surface area contributed by atoms with Crippen LogP contribution in [0.5, 0.6) is 5.75 Å². The Morgan fingerprint density at radius 3 is 2.27 bits per heavy atom. The summed E-state index contributed by atoms with van der Waals surface area (Å²) in [4.78, 5) is 26.2. The van der Waals surface area contributed by atoms with Crippen LogP contribution >= 0.6 is 0 Å². The monoisotopic (exact) mass is 473 g/mol. The van der Waals surface area contributed by atoms with E-state index in [0.717, 1.165) is 27.2 Å². The fourth-order valence-corrected chi connectivity index (χ4v) is 4.67.